The van der Waals surface area contributed by atoms with E-state index < -0.39 is 0 Å². The fraction of sp³-hybridized carbons (Fsp3) is 0.647. The van der Waals surface area contributed by atoms with Gasteiger partial charge in [-0.15, -0.1) is 24.0 Å². The van der Waals surface area contributed by atoms with E-state index in [4.69, 9.17) is 9.15 Å². The zero-order chi connectivity index (χ0) is 17.2. The number of furan rings is 1. The van der Waals surface area contributed by atoms with Gasteiger partial charge in [-0.3, -0.25) is 0 Å². The smallest absolute Gasteiger partial charge is 0.341 e. The van der Waals surface area contributed by atoms with Gasteiger partial charge >= 0.3 is 5.97 Å². The first kappa shape index (κ1) is 22.8. The molecule has 7 heteroatoms. The highest BCUT2D eigenvalue weighted by Gasteiger charge is 2.15. The second-order valence-electron chi connectivity index (χ2n) is 5.83. The van der Waals surface area contributed by atoms with Gasteiger partial charge < -0.3 is 19.8 Å². The number of hydrogen-bond acceptors (Lipinski definition) is 4. The molecule has 0 amide bonds. The van der Waals surface area contributed by atoms with E-state index in [0.717, 1.165) is 25.5 Å². The molecule has 0 aromatic carbocycles. The summed E-state index contributed by atoms with van der Waals surface area (Å²) in [6.45, 7) is 10.3. The van der Waals surface area contributed by atoms with Crippen molar-refractivity contribution in [2.45, 2.75) is 47.1 Å². The Kier molecular flexibility index (Phi) is 11.5. The monoisotopic (exact) mass is 451 g/mol. The van der Waals surface area contributed by atoms with Crippen LogP contribution in [0.1, 0.15) is 55.5 Å². The maximum atomic E-state index is 11.6. The summed E-state index contributed by atoms with van der Waals surface area (Å²) in [5, 5.41) is 6.51. The van der Waals surface area contributed by atoms with E-state index in [0.29, 0.717) is 29.5 Å². The molecule has 1 aromatic rings. The Balaban J connectivity index is 0.00000529. The van der Waals surface area contributed by atoms with Gasteiger partial charge in [-0.25, -0.2) is 9.79 Å². The molecule has 0 fully saturated rings. The third kappa shape index (κ3) is 8.03. The van der Waals surface area contributed by atoms with Gasteiger partial charge in [0.25, 0.3) is 0 Å². The van der Waals surface area contributed by atoms with Crippen LogP contribution in [0.25, 0.3) is 0 Å². The Bertz CT molecular complexity index is 527. The Labute approximate surface area is 161 Å². The standard InChI is InChI=1S/C17H29N3O3.HI/c1-6-18-17(19-9-7-8-12(2)3)20-11-14-10-15(13(4)23-14)16(21)22-5;/h10,12H,6-9,11H2,1-5H3,(H2,18,19,20);1H. The highest BCUT2D eigenvalue weighted by atomic mass is 127. The number of aliphatic imine (C=N–C) groups is 1. The minimum Gasteiger partial charge on any atom is -0.465 e. The molecule has 0 saturated carbocycles. The lowest BCUT2D eigenvalue weighted by atomic mass is 10.1. The second kappa shape index (κ2) is 12.2. The lowest BCUT2D eigenvalue weighted by Gasteiger charge is -2.11. The molecule has 0 saturated heterocycles. The quantitative estimate of drug-likeness (QED) is 0.208. The van der Waals surface area contributed by atoms with E-state index in [1.807, 2.05) is 6.92 Å². The van der Waals surface area contributed by atoms with Gasteiger partial charge in [-0.05, 0) is 38.7 Å². The lowest BCUT2D eigenvalue weighted by Crippen LogP contribution is -2.37. The SMILES string of the molecule is CCNC(=NCc1cc(C(=O)OC)c(C)o1)NCCCC(C)C.I. The number of rotatable bonds is 8. The number of carbonyl (C=O) groups is 1. The summed E-state index contributed by atoms with van der Waals surface area (Å²) in [6.07, 6.45) is 2.29. The van der Waals surface area contributed by atoms with Gasteiger partial charge in [0.15, 0.2) is 5.96 Å². The summed E-state index contributed by atoms with van der Waals surface area (Å²) in [5.74, 6) is 2.27. The van der Waals surface area contributed by atoms with Crippen LogP contribution >= 0.6 is 24.0 Å². The average molecular weight is 451 g/mol. The summed E-state index contributed by atoms with van der Waals surface area (Å²) in [6, 6.07) is 1.69. The van der Waals surface area contributed by atoms with Gasteiger partial charge in [0.1, 0.15) is 23.6 Å². The van der Waals surface area contributed by atoms with Crippen molar-refractivity contribution in [1.29, 1.82) is 0 Å². The minimum atomic E-state index is -0.389. The molecule has 0 aliphatic heterocycles. The Morgan fingerprint density at radius 3 is 2.67 bits per heavy atom. The molecule has 0 bridgehead atoms. The number of methoxy groups -OCH3 is 1. The topological polar surface area (TPSA) is 75.9 Å². The fourth-order valence-electron chi connectivity index (χ4n) is 2.15. The van der Waals surface area contributed by atoms with E-state index in [9.17, 15) is 4.79 Å². The van der Waals surface area contributed by atoms with Crippen LogP contribution in [0.3, 0.4) is 0 Å². The number of carbonyl (C=O) groups excluding carboxylic acids is 1. The van der Waals surface area contributed by atoms with Crippen LogP contribution in [0.15, 0.2) is 15.5 Å². The summed E-state index contributed by atoms with van der Waals surface area (Å²) in [7, 11) is 1.36. The number of ether oxygens (including phenoxy) is 1. The normalized spacial score (nSPS) is 11.2. The van der Waals surface area contributed by atoms with Gasteiger partial charge in [0.2, 0.25) is 0 Å². The van der Waals surface area contributed by atoms with Crippen molar-refractivity contribution < 1.29 is 13.9 Å². The van der Waals surface area contributed by atoms with Crippen molar-refractivity contribution in [3.63, 3.8) is 0 Å². The van der Waals surface area contributed by atoms with Crippen LogP contribution in [0.2, 0.25) is 0 Å². The zero-order valence-corrected chi connectivity index (χ0v) is 17.6. The number of guanidine groups is 1. The Hall–Kier alpha value is -1.25. The molecule has 1 rings (SSSR count). The third-order valence-electron chi connectivity index (χ3n) is 3.36. The average Bonchev–Trinajstić information content (AvgIpc) is 2.89. The van der Waals surface area contributed by atoms with E-state index >= 15 is 0 Å². The second-order valence-corrected chi connectivity index (χ2v) is 5.83. The molecule has 1 aromatic heterocycles. The molecule has 0 radical (unpaired) electrons. The number of halogens is 1. The van der Waals surface area contributed by atoms with Crippen molar-refractivity contribution in [3.8, 4) is 0 Å². The summed E-state index contributed by atoms with van der Waals surface area (Å²) < 4.78 is 10.3. The number of hydrogen-bond donors (Lipinski definition) is 2. The molecule has 2 N–H and O–H groups in total. The van der Waals surface area contributed by atoms with Gasteiger partial charge in [-0.1, -0.05) is 13.8 Å². The van der Waals surface area contributed by atoms with E-state index in [-0.39, 0.29) is 29.9 Å². The van der Waals surface area contributed by atoms with E-state index in [2.05, 4.69) is 29.5 Å². The molecule has 1 heterocycles. The predicted molar refractivity (Wildman–Crippen MR) is 107 cm³/mol. The van der Waals surface area contributed by atoms with Crippen molar-refractivity contribution in [2.75, 3.05) is 20.2 Å². The molecule has 6 nitrogen and oxygen atoms in total. The van der Waals surface area contributed by atoms with Gasteiger partial charge in [-0.2, -0.15) is 0 Å². The fourth-order valence-corrected chi connectivity index (χ4v) is 2.15. The largest absolute Gasteiger partial charge is 0.465 e. The van der Waals surface area contributed by atoms with Crippen molar-refractivity contribution in [2.24, 2.45) is 10.9 Å². The first-order chi connectivity index (χ1) is 11.0. The highest BCUT2D eigenvalue weighted by molar-refractivity contribution is 14.0. The summed E-state index contributed by atoms with van der Waals surface area (Å²) in [5.41, 5.74) is 0.451. The molecule has 0 atom stereocenters. The maximum Gasteiger partial charge on any atom is 0.341 e. The summed E-state index contributed by atoms with van der Waals surface area (Å²) in [4.78, 5) is 16.1. The van der Waals surface area contributed by atoms with Crippen LogP contribution in [-0.2, 0) is 11.3 Å². The number of esters is 1. The molecular weight excluding hydrogens is 421 g/mol. The number of aryl methyl sites for hydroxylation is 1. The molecule has 138 valence electrons. The number of nitrogens with zero attached hydrogens (tertiary/aromatic N) is 1. The first-order valence-corrected chi connectivity index (χ1v) is 8.17. The zero-order valence-electron chi connectivity index (χ0n) is 15.3. The van der Waals surface area contributed by atoms with Crippen LogP contribution in [0, 0.1) is 12.8 Å². The van der Waals surface area contributed by atoms with Crippen molar-refractivity contribution in [3.05, 3.63) is 23.2 Å². The van der Waals surface area contributed by atoms with Crippen LogP contribution in [-0.4, -0.2) is 32.1 Å². The molecule has 0 aliphatic rings. The highest BCUT2D eigenvalue weighted by Crippen LogP contribution is 2.16. The molecule has 0 unspecified atom stereocenters. The third-order valence-corrected chi connectivity index (χ3v) is 3.36. The molecule has 0 spiro atoms. The molecule has 24 heavy (non-hydrogen) atoms. The van der Waals surface area contributed by atoms with E-state index in [1.54, 1.807) is 13.0 Å². The number of nitrogens with one attached hydrogen (secondary N) is 2. The predicted octanol–water partition coefficient (Wildman–Crippen LogP) is 3.48. The maximum absolute atomic E-state index is 11.6. The first-order valence-electron chi connectivity index (χ1n) is 8.17. The van der Waals surface area contributed by atoms with Gasteiger partial charge in [0.05, 0.1) is 7.11 Å². The van der Waals surface area contributed by atoms with Gasteiger partial charge in [0, 0.05) is 13.1 Å². The Morgan fingerprint density at radius 1 is 1.38 bits per heavy atom. The van der Waals surface area contributed by atoms with Crippen molar-refractivity contribution >= 4 is 35.9 Å². The van der Waals surface area contributed by atoms with Crippen LogP contribution in [0.4, 0.5) is 0 Å². The minimum absolute atomic E-state index is 0. The van der Waals surface area contributed by atoms with Crippen molar-refractivity contribution in [1.82, 2.24) is 10.6 Å². The lowest BCUT2D eigenvalue weighted by molar-refractivity contribution is 0.0599. The van der Waals surface area contributed by atoms with Crippen LogP contribution < -0.4 is 10.6 Å². The summed E-state index contributed by atoms with van der Waals surface area (Å²) >= 11 is 0. The Morgan fingerprint density at radius 2 is 2.08 bits per heavy atom. The molecule has 0 aliphatic carbocycles. The van der Waals surface area contributed by atoms with Crippen LogP contribution in [0.5, 0.6) is 0 Å². The molecular formula is C17H30IN3O3. The van der Waals surface area contributed by atoms with E-state index in [1.165, 1.54) is 13.5 Å².